The molecule has 1 atom stereocenters. The van der Waals surface area contributed by atoms with Crippen molar-refractivity contribution < 1.29 is 14.8 Å². The number of benzene rings is 1. The van der Waals surface area contributed by atoms with Gasteiger partial charge in [0, 0.05) is 25.8 Å². The number of hydrogen-bond acceptors (Lipinski definition) is 4. The van der Waals surface area contributed by atoms with E-state index >= 15 is 0 Å². The van der Waals surface area contributed by atoms with E-state index in [4.69, 9.17) is 5.11 Å². The molecule has 6 heteroatoms. The lowest BCUT2D eigenvalue weighted by atomic mass is 10.0. The highest BCUT2D eigenvalue weighted by Gasteiger charge is 2.31. The monoisotopic (exact) mass is 278 g/mol. The average molecular weight is 278 g/mol. The molecule has 0 saturated carbocycles. The van der Waals surface area contributed by atoms with Crippen molar-refractivity contribution in [3.8, 4) is 0 Å². The van der Waals surface area contributed by atoms with Crippen LogP contribution in [-0.4, -0.2) is 40.5 Å². The fourth-order valence-corrected chi connectivity index (χ4v) is 2.68. The summed E-state index contributed by atoms with van der Waals surface area (Å²) in [5.74, 6) is 0.00210. The smallest absolute Gasteiger partial charge is 0.282 e. The van der Waals surface area contributed by atoms with Gasteiger partial charge in [-0.2, -0.15) is 0 Å². The topological polar surface area (TPSA) is 83.7 Å². The normalized spacial score (nSPS) is 18.3. The Morgan fingerprint density at radius 2 is 2.30 bits per heavy atom. The third kappa shape index (κ3) is 2.80. The second-order valence-electron chi connectivity index (χ2n) is 5.14. The fraction of sp³-hybridized carbons (Fsp3) is 0.500. The van der Waals surface area contributed by atoms with Crippen LogP contribution < -0.4 is 0 Å². The molecule has 20 heavy (non-hydrogen) atoms. The molecule has 0 radical (unpaired) electrons. The first-order valence-electron chi connectivity index (χ1n) is 6.68. The highest BCUT2D eigenvalue weighted by molar-refractivity contribution is 5.99. The highest BCUT2D eigenvalue weighted by atomic mass is 16.6. The van der Waals surface area contributed by atoms with Gasteiger partial charge in [-0.25, -0.2) is 0 Å². The van der Waals surface area contributed by atoms with Crippen LogP contribution in [0.3, 0.4) is 0 Å². The first kappa shape index (κ1) is 14.5. The number of nitro groups is 1. The molecule has 1 unspecified atom stereocenters. The van der Waals surface area contributed by atoms with Crippen LogP contribution in [0.1, 0.15) is 28.8 Å². The molecular weight excluding hydrogens is 260 g/mol. The maximum absolute atomic E-state index is 12.5. The first-order chi connectivity index (χ1) is 9.54. The second-order valence-corrected chi connectivity index (χ2v) is 5.14. The molecule has 0 aromatic heterocycles. The van der Waals surface area contributed by atoms with Gasteiger partial charge in [0.1, 0.15) is 5.56 Å². The molecule has 1 saturated heterocycles. The van der Waals surface area contributed by atoms with E-state index in [2.05, 4.69) is 0 Å². The number of aliphatic hydroxyl groups is 1. The number of amides is 1. The average Bonchev–Trinajstić information content (AvgIpc) is 2.86. The van der Waals surface area contributed by atoms with E-state index < -0.39 is 4.92 Å². The lowest BCUT2D eigenvalue weighted by Gasteiger charge is -2.17. The number of carbonyl (C=O) groups is 1. The molecule has 1 aromatic carbocycles. The van der Waals surface area contributed by atoms with Crippen LogP contribution in [0.25, 0.3) is 0 Å². The third-order valence-corrected chi connectivity index (χ3v) is 3.77. The fourth-order valence-electron chi connectivity index (χ4n) is 2.68. The molecule has 1 aliphatic rings. The Morgan fingerprint density at radius 1 is 1.55 bits per heavy atom. The van der Waals surface area contributed by atoms with Crippen LogP contribution >= 0.6 is 0 Å². The Hall–Kier alpha value is -1.95. The number of rotatable bonds is 4. The third-order valence-electron chi connectivity index (χ3n) is 3.77. The molecule has 2 rings (SSSR count). The zero-order valence-corrected chi connectivity index (χ0v) is 11.4. The summed E-state index contributed by atoms with van der Waals surface area (Å²) in [4.78, 5) is 24.7. The Morgan fingerprint density at radius 3 is 2.95 bits per heavy atom. The van der Waals surface area contributed by atoms with Gasteiger partial charge < -0.3 is 10.0 Å². The summed E-state index contributed by atoms with van der Waals surface area (Å²) in [6.45, 7) is 2.97. The van der Waals surface area contributed by atoms with Crippen molar-refractivity contribution in [2.45, 2.75) is 19.8 Å². The number of hydrogen-bond donors (Lipinski definition) is 1. The van der Waals surface area contributed by atoms with Crippen LogP contribution in [0.5, 0.6) is 0 Å². The van der Waals surface area contributed by atoms with Crippen LogP contribution in [0.2, 0.25) is 0 Å². The summed E-state index contributed by atoms with van der Waals surface area (Å²) in [6.07, 6.45) is 1.51. The van der Waals surface area contributed by atoms with Gasteiger partial charge in [0.2, 0.25) is 0 Å². The number of nitrogens with zero attached hydrogens (tertiary/aromatic N) is 2. The molecule has 1 aromatic rings. The highest BCUT2D eigenvalue weighted by Crippen LogP contribution is 2.27. The second kappa shape index (κ2) is 6.00. The molecule has 1 amide bonds. The van der Waals surface area contributed by atoms with E-state index in [-0.39, 0.29) is 29.7 Å². The van der Waals surface area contributed by atoms with Crippen molar-refractivity contribution in [1.29, 1.82) is 0 Å². The quantitative estimate of drug-likeness (QED) is 0.671. The summed E-state index contributed by atoms with van der Waals surface area (Å²) in [6, 6.07) is 4.66. The van der Waals surface area contributed by atoms with Crippen molar-refractivity contribution in [3.63, 3.8) is 0 Å². The van der Waals surface area contributed by atoms with Crippen molar-refractivity contribution >= 4 is 11.6 Å². The maximum Gasteiger partial charge on any atom is 0.282 e. The summed E-state index contributed by atoms with van der Waals surface area (Å²) in [5.41, 5.74) is 0.664. The van der Waals surface area contributed by atoms with Gasteiger partial charge in [0.25, 0.3) is 11.6 Å². The largest absolute Gasteiger partial charge is 0.396 e. The van der Waals surface area contributed by atoms with Crippen molar-refractivity contribution in [2.24, 2.45) is 5.92 Å². The van der Waals surface area contributed by atoms with Crippen LogP contribution in [-0.2, 0) is 0 Å². The van der Waals surface area contributed by atoms with E-state index in [0.29, 0.717) is 25.1 Å². The summed E-state index contributed by atoms with van der Waals surface area (Å²) in [7, 11) is 0. The van der Waals surface area contributed by atoms with Crippen molar-refractivity contribution in [2.75, 3.05) is 19.7 Å². The number of carbonyl (C=O) groups excluding carboxylic acids is 1. The zero-order chi connectivity index (χ0) is 14.7. The molecule has 0 aliphatic carbocycles. The first-order valence-corrected chi connectivity index (χ1v) is 6.68. The molecular formula is C14H18N2O4. The summed E-state index contributed by atoms with van der Waals surface area (Å²) >= 11 is 0. The van der Waals surface area contributed by atoms with Crippen LogP contribution in [0.4, 0.5) is 5.69 Å². The molecule has 0 bridgehead atoms. The number of aliphatic hydroxyl groups excluding tert-OH is 1. The van der Waals surface area contributed by atoms with Crippen LogP contribution in [0.15, 0.2) is 18.2 Å². The molecule has 1 heterocycles. The van der Waals surface area contributed by atoms with Gasteiger partial charge in [-0.05, 0) is 31.2 Å². The van der Waals surface area contributed by atoms with E-state index in [1.807, 2.05) is 0 Å². The lowest BCUT2D eigenvalue weighted by Crippen LogP contribution is -2.30. The van der Waals surface area contributed by atoms with Gasteiger partial charge in [-0.3, -0.25) is 14.9 Å². The van der Waals surface area contributed by atoms with Gasteiger partial charge >= 0.3 is 0 Å². The molecule has 1 aliphatic heterocycles. The molecule has 1 fully saturated rings. The maximum atomic E-state index is 12.5. The predicted octanol–water partition coefficient (Wildman–Crippen LogP) is 1.75. The number of aryl methyl sites for hydroxylation is 1. The Balaban J connectivity index is 2.24. The Bertz CT molecular complexity index is 530. The number of likely N-dealkylation sites (tertiary alicyclic amines) is 1. The van der Waals surface area contributed by atoms with E-state index in [0.717, 1.165) is 6.42 Å². The van der Waals surface area contributed by atoms with Gasteiger partial charge in [0.15, 0.2) is 0 Å². The number of nitro benzene ring substituents is 1. The van der Waals surface area contributed by atoms with Gasteiger partial charge in [0.05, 0.1) is 4.92 Å². The minimum absolute atomic E-state index is 0.108. The Kier molecular flexibility index (Phi) is 4.34. The van der Waals surface area contributed by atoms with E-state index in [1.165, 1.54) is 6.07 Å². The zero-order valence-electron chi connectivity index (χ0n) is 11.4. The summed E-state index contributed by atoms with van der Waals surface area (Å²) in [5, 5.41) is 20.0. The van der Waals surface area contributed by atoms with Gasteiger partial charge in [-0.15, -0.1) is 0 Å². The van der Waals surface area contributed by atoms with Crippen molar-refractivity contribution in [1.82, 2.24) is 4.90 Å². The lowest BCUT2D eigenvalue weighted by molar-refractivity contribution is -0.385. The molecule has 108 valence electrons. The standard InChI is InChI=1S/C14H18N2O4/c1-10-3-2-4-12(16(19)20)13(10)14(18)15-7-5-11(9-15)6-8-17/h2-4,11,17H,5-9H2,1H3. The minimum Gasteiger partial charge on any atom is -0.396 e. The van der Waals surface area contributed by atoms with E-state index in [1.54, 1.807) is 24.0 Å². The molecule has 0 spiro atoms. The Labute approximate surface area is 117 Å². The van der Waals surface area contributed by atoms with Crippen molar-refractivity contribution in [3.05, 3.63) is 39.4 Å². The minimum atomic E-state index is -0.512. The van der Waals surface area contributed by atoms with Crippen LogP contribution in [0, 0.1) is 23.0 Å². The molecule has 1 N–H and O–H groups in total. The van der Waals surface area contributed by atoms with E-state index in [9.17, 15) is 14.9 Å². The molecule has 6 nitrogen and oxygen atoms in total. The summed E-state index contributed by atoms with van der Waals surface area (Å²) < 4.78 is 0. The van der Waals surface area contributed by atoms with Gasteiger partial charge in [-0.1, -0.05) is 12.1 Å². The predicted molar refractivity (Wildman–Crippen MR) is 73.5 cm³/mol. The SMILES string of the molecule is Cc1cccc([N+](=O)[O-])c1C(=O)N1CCC(CCO)C1.